The first-order valence-electron chi connectivity index (χ1n) is 3.93. The van der Waals surface area contributed by atoms with Crippen LogP contribution < -0.4 is 0 Å². The number of hydrogen-bond acceptors (Lipinski definition) is 2. The zero-order valence-electron chi connectivity index (χ0n) is 5.95. The summed E-state index contributed by atoms with van der Waals surface area (Å²) in [6, 6.07) is 0. The molecule has 0 aromatic rings. The zero-order chi connectivity index (χ0) is 6.81. The van der Waals surface area contributed by atoms with Gasteiger partial charge in [-0.2, -0.15) is 0 Å². The van der Waals surface area contributed by atoms with Gasteiger partial charge in [0.2, 0.25) is 6.29 Å². The van der Waals surface area contributed by atoms with Crippen LogP contribution >= 0.6 is 0 Å². The monoisotopic (exact) mass is 140 g/mol. The van der Waals surface area contributed by atoms with Crippen LogP contribution in [0.1, 0.15) is 25.7 Å². The lowest BCUT2D eigenvalue weighted by molar-refractivity contribution is -0.0644. The third-order valence-electron chi connectivity index (χ3n) is 2.27. The van der Waals surface area contributed by atoms with E-state index in [0.29, 0.717) is 5.92 Å². The van der Waals surface area contributed by atoms with Gasteiger partial charge in [0.1, 0.15) is 12.5 Å². The molecular formula is C8H12O2. The van der Waals surface area contributed by atoms with Crippen molar-refractivity contribution in [3.05, 3.63) is 12.5 Å². The van der Waals surface area contributed by atoms with Crippen LogP contribution in [-0.2, 0) is 9.47 Å². The zero-order valence-corrected chi connectivity index (χ0v) is 5.95. The highest BCUT2D eigenvalue weighted by atomic mass is 16.7. The molecule has 2 nitrogen and oxygen atoms in total. The van der Waals surface area contributed by atoms with Gasteiger partial charge in [-0.05, 0) is 12.8 Å². The van der Waals surface area contributed by atoms with E-state index in [0.717, 1.165) is 0 Å². The fourth-order valence-corrected chi connectivity index (χ4v) is 1.70. The van der Waals surface area contributed by atoms with E-state index in [1.54, 1.807) is 12.5 Å². The van der Waals surface area contributed by atoms with Crippen LogP contribution in [0.3, 0.4) is 0 Å². The average Bonchev–Trinajstić information content (AvgIpc) is 2.59. The quantitative estimate of drug-likeness (QED) is 0.554. The summed E-state index contributed by atoms with van der Waals surface area (Å²) < 4.78 is 10.5. The van der Waals surface area contributed by atoms with Gasteiger partial charge in [0, 0.05) is 5.92 Å². The Morgan fingerprint density at radius 3 is 2.20 bits per heavy atom. The van der Waals surface area contributed by atoms with E-state index in [4.69, 9.17) is 9.47 Å². The molecule has 1 fully saturated rings. The van der Waals surface area contributed by atoms with Crippen LogP contribution in [0.15, 0.2) is 12.5 Å². The molecule has 0 aromatic carbocycles. The average molecular weight is 140 g/mol. The van der Waals surface area contributed by atoms with Gasteiger partial charge in [-0.15, -0.1) is 0 Å². The Balaban J connectivity index is 1.87. The largest absolute Gasteiger partial charge is 0.459 e. The molecule has 2 heteroatoms. The molecule has 0 N–H and O–H groups in total. The Labute approximate surface area is 60.8 Å². The Bertz CT molecular complexity index is 128. The van der Waals surface area contributed by atoms with Crippen LogP contribution in [-0.4, -0.2) is 6.29 Å². The molecule has 1 heterocycles. The molecular weight excluding hydrogens is 128 g/mol. The van der Waals surface area contributed by atoms with Crippen molar-refractivity contribution < 1.29 is 9.47 Å². The van der Waals surface area contributed by atoms with Crippen LogP contribution in [0.2, 0.25) is 0 Å². The molecule has 2 rings (SSSR count). The van der Waals surface area contributed by atoms with Gasteiger partial charge >= 0.3 is 0 Å². The van der Waals surface area contributed by atoms with E-state index in [1.807, 2.05) is 0 Å². The van der Waals surface area contributed by atoms with Crippen molar-refractivity contribution in [2.45, 2.75) is 32.0 Å². The SMILES string of the molecule is C1=COC(C2CCCC2)O1. The summed E-state index contributed by atoms with van der Waals surface area (Å²) in [6.45, 7) is 0. The van der Waals surface area contributed by atoms with Crippen LogP contribution in [0, 0.1) is 5.92 Å². The maximum atomic E-state index is 5.23. The van der Waals surface area contributed by atoms with Crippen molar-refractivity contribution >= 4 is 0 Å². The third kappa shape index (κ3) is 0.981. The minimum Gasteiger partial charge on any atom is -0.459 e. The number of rotatable bonds is 1. The van der Waals surface area contributed by atoms with Crippen LogP contribution in [0.5, 0.6) is 0 Å². The Kier molecular flexibility index (Phi) is 1.53. The Hall–Kier alpha value is -0.660. The summed E-state index contributed by atoms with van der Waals surface area (Å²) in [5.41, 5.74) is 0. The van der Waals surface area contributed by atoms with Gasteiger partial charge in [-0.3, -0.25) is 0 Å². The molecule has 1 aliphatic heterocycles. The van der Waals surface area contributed by atoms with E-state index >= 15 is 0 Å². The summed E-state index contributed by atoms with van der Waals surface area (Å²) in [5.74, 6) is 0.648. The van der Waals surface area contributed by atoms with E-state index in [2.05, 4.69) is 0 Å². The molecule has 0 saturated heterocycles. The van der Waals surface area contributed by atoms with E-state index < -0.39 is 0 Å². The normalized spacial score (nSPS) is 26.8. The Morgan fingerprint density at radius 2 is 1.60 bits per heavy atom. The molecule has 1 saturated carbocycles. The van der Waals surface area contributed by atoms with Crippen molar-refractivity contribution in [3.63, 3.8) is 0 Å². The maximum absolute atomic E-state index is 5.23. The van der Waals surface area contributed by atoms with Crippen molar-refractivity contribution in [1.29, 1.82) is 0 Å². The first-order valence-corrected chi connectivity index (χ1v) is 3.93. The fourth-order valence-electron chi connectivity index (χ4n) is 1.70. The summed E-state index contributed by atoms with van der Waals surface area (Å²) >= 11 is 0. The topological polar surface area (TPSA) is 18.5 Å². The van der Waals surface area contributed by atoms with Gasteiger partial charge in [-0.25, -0.2) is 0 Å². The van der Waals surface area contributed by atoms with E-state index in [-0.39, 0.29) is 6.29 Å². The summed E-state index contributed by atoms with van der Waals surface area (Å²) in [5, 5.41) is 0. The number of hydrogen-bond donors (Lipinski definition) is 0. The summed E-state index contributed by atoms with van der Waals surface area (Å²) in [7, 11) is 0. The van der Waals surface area contributed by atoms with Crippen molar-refractivity contribution in [3.8, 4) is 0 Å². The molecule has 0 aromatic heterocycles. The summed E-state index contributed by atoms with van der Waals surface area (Å²) in [4.78, 5) is 0. The summed E-state index contributed by atoms with van der Waals surface area (Å²) in [6.07, 6.45) is 8.55. The van der Waals surface area contributed by atoms with Crippen LogP contribution in [0.25, 0.3) is 0 Å². The van der Waals surface area contributed by atoms with Gasteiger partial charge < -0.3 is 9.47 Å². The maximum Gasteiger partial charge on any atom is 0.242 e. The van der Waals surface area contributed by atoms with Gasteiger partial charge in [0.05, 0.1) is 0 Å². The molecule has 0 bridgehead atoms. The molecule has 0 amide bonds. The van der Waals surface area contributed by atoms with Gasteiger partial charge in [0.25, 0.3) is 0 Å². The highest BCUT2D eigenvalue weighted by molar-refractivity contribution is 4.78. The smallest absolute Gasteiger partial charge is 0.242 e. The fraction of sp³-hybridized carbons (Fsp3) is 0.750. The lowest BCUT2D eigenvalue weighted by Gasteiger charge is -2.16. The number of ether oxygens (including phenoxy) is 2. The van der Waals surface area contributed by atoms with Gasteiger partial charge in [0.15, 0.2) is 0 Å². The second-order valence-electron chi connectivity index (χ2n) is 2.96. The highest BCUT2D eigenvalue weighted by Crippen LogP contribution is 2.31. The highest BCUT2D eigenvalue weighted by Gasteiger charge is 2.28. The molecule has 2 aliphatic rings. The molecule has 10 heavy (non-hydrogen) atoms. The van der Waals surface area contributed by atoms with E-state index in [9.17, 15) is 0 Å². The first-order chi connectivity index (χ1) is 4.97. The molecule has 1 aliphatic carbocycles. The molecule has 0 atom stereocenters. The predicted octanol–water partition coefficient (Wildman–Crippen LogP) is 2.02. The van der Waals surface area contributed by atoms with Crippen molar-refractivity contribution in [2.24, 2.45) is 5.92 Å². The van der Waals surface area contributed by atoms with Crippen molar-refractivity contribution in [1.82, 2.24) is 0 Å². The first kappa shape index (κ1) is 6.08. The van der Waals surface area contributed by atoms with Crippen molar-refractivity contribution in [2.75, 3.05) is 0 Å². The minimum absolute atomic E-state index is 0.0440. The molecule has 56 valence electrons. The van der Waals surface area contributed by atoms with Gasteiger partial charge in [-0.1, -0.05) is 12.8 Å². The van der Waals surface area contributed by atoms with E-state index in [1.165, 1.54) is 25.7 Å². The van der Waals surface area contributed by atoms with Crippen LogP contribution in [0.4, 0.5) is 0 Å². The lowest BCUT2D eigenvalue weighted by atomic mass is 10.1. The lowest BCUT2D eigenvalue weighted by Crippen LogP contribution is -2.17. The standard InChI is InChI=1S/C8H12O2/c1-2-4-7(3-1)8-9-5-6-10-8/h5-8H,1-4H2. The minimum atomic E-state index is 0.0440. The molecule has 0 radical (unpaired) electrons. The second kappa shape index (κ2) is 2.52. The second-order valence-corrected chi connectivity index (χ2v) is 2.96. The molecule has 0 unspecified atom stereocenters. The molecule has 0 spiro atoms. The predicted molar refractivity (Wildman–Crippen MR) is 37.1 cm³/mol. The Morgan fingerprint density at radius 1 is 1.00 bits per heavy atom. The third-order valence-corrected chi connectivity index (χ3v) is 2.27.